The molecule has 4 nitrogen and oxygen atoms in total. The van der Waals surface area contributed by atoms with Gasteiger partial charge in [0.1, 0.15) is 0 Å². The Morgan fingerprint density at radius 2 is 1.88 bits per heavy atom. The van der Waals surface area contributed by atoms with Gasteiger partial charge in [-0.15, -0.1) is 0 Å². The molecule has 0 unspecified atom stereocenters. The van der Waals surface area contributed by atoms with Crippen LogP contribution in [-0.2, 0) is 9.53 Å². The molecule has 0 bridgehead atoms. The summed E-state index contributed by atoms with van der Waals surface area (Å²) in [5, 5.41) is 3.16. The second kappa shape index (κ2) is 6.97. The highest BCUT2D eigenvalue weighted by molar-refractivity contribution is 5.78. The van der Waals surface area contributed by atoms with Gasteiger partial charge in [0.05, 0.1) is 18.8 Å². The average Bonchev–Trinajstić information content (AvgIpc) is 2.26. The number of amides is 1. The maximum Gasteiger partial charge on any atom is 0.236 e. The zero-order valence-corrected chi connectivity index (χ0v) is 11.5. The second-order valence-electron chi connectivity index (χ2n) is 5.30. The Kier molecular flexibility index (Phi) is 5.92. The first-order valence-corrected chi connectivity index (χ1v) is 6.65. The van der Waals surface area contributed by atoms with Crippen molar-refractivity contribution in [2.24, 2.45) is 0 Å². The van der Waals surface area contributed by atoms with Crippen LogP contribution < -0.4 is 5.32 Å². The zero-order valence-electron chi connectivity index (χ0n) is 11.5. The minimum absolute atomic E-state index is 0.210. The monoisotopic (exact) mass is 242 g/mol. The summed E-state index contributed by atoms with van der Waals surface area (Å²) in [4.78, 5) is 13.8. The SMILES string of the molecule is CC(C)NCC(=O)N1CCC(OC(C)C)CC1. The van der Waals surface area contributed by atoms with Gasteiger partial charge in [0.15, 0.2) is 0 Å². The molecule has 0 saturated carbocycles. The van der Waals surface area contributed by atoms with E-state index in [9.17, 15) is 4.79 Å². The van der Waals surface area contributed by atoms with Gasteiger partial charge < -0.3 is 15.0 Å². The van der Waals surface area contributed by atoms with E-state index in [1.54, 1.807) is 0 Å². The predicted octanol–water partition coefficient (Wildman–Crippen LogP) is 1.40. The third kappa shape index (κ3) is 5.50. The van der Waals surface area contributed by atoms with Crippen LogP contribution >= 0.6 is 0 Å². The highest BCUT2D eigenvalue weighted by atomic mass is 16.5. The van der Waals surface area contributed by atoms with Crippen molar-refractivity contribution in [1.82, 2.24) is 10.2 Å². The molecule has 0 aromatic rings. The highest BCUT2D eigenvalue weighted by Crippen LogP contribution is 2.15. The number of carbonyl (C=O) groups excluding carboxylic acids is 1. The minimum atomic E-state index is 0.210. The van der Waals surface area contributed by atoms with Crippen molar-refractivity contribution in [2.75, 3.05) is 19.6 Å². The molecule has 0 spiro atoms. The van der Waals surface area contributed by atoms with Crippen molar-refractivity contribution >= 4 is 5.91 Å². The third-order valence-corrected chi connectivity index (χ3v) is 2.92. The van der Waals surface area contributed by atoms with Crippen LogP contribution in [0.5, 0.6) is 0 Å². The van der Waals surface area contributed by atoms with Gasteiger partial charge in [-0.2, -0.15) is 0 Å². The van der Waals surface area contributed by atoms with Crippen LogP contribution in [0.25, 0.3) is 0 Å². The van der Waals surface area contributed by atoms with Crippen LogP contribution in [0, 0.1) is 0 Å². The summed E-state index contributed by atoms with van der Waals surface area (Å²) < 4.78 is 5.76. The van der Waals surface area contributed by atoms with Crippen LogP contribution in [-0.4, -0.2) is 48.7 Å². The molecule has 0 atom stereocenters. The normalized spacial score (nSPS) is 18.1. The molecular formula is C13H26N2O2. The zero-order chi connectivity index (χ0) is 12.8. The number of hydrogen-bond donors (Lipinski definition) is 1. The molecule has 0 radical (unpaired) electrons. The number of nitrogens with zero attached hydrogens (tertiary/aromatic N) is 1. The number of rotatable bonds is 5. The van der Waals surface area contributed by atoms with Gasteiger partial charge in [-0.1, -0.05) is 13.8 Å². The number of carbonyl (C=O) groups is 1. The van der Waals surface area contributed by atoms with Gasteiger partial charge in [0.2, 0.25) is 5.91 Å². The van der Waals surface area contributed by atoms with E-state index in [1.165, 1.54) is 0 Å². The van der Waals surface area contributed by atoms with Gasteiger partial charge in [0.25, 0.3) is 0 Å². The van der Waals surface area contributed by atoms with Crippen LogP contribution in [0.1, 0.15) is 40.5 Å². The fraction of sp³-hybridized carbons (Fsp3) is 0.923. The second-order valence-corrected chi connectivity index (χ2v) is 5.30. The lowest BCUT2D eigenvalue weighted by Crippen LogP contribution is -2.45. The molecule has 0 aliphatic carbocycles. The molecule has 1 heterocycles. The van der Waals surface area contributed by atoms with Gasteiger partial charge in [-0.25, -0.2) is 0 Å². The van der Waals surface area contributed by atoms with E-state index in [4.69, 9.17) is 4.74 Å². The standard InChI is InChI=1S/C13H26N2O2/c1-10(2)14-9-13(16)15-7-5-12(6-8-15)17-11(3)4/h10-12,14H,5-9H2,1-4H3. The Hall–Kier alpha value is -0.610. The van der Waals surface area contributed by atoms with Crippen molar-refractivity contribution in [3.05, 3.63) is 0 Å². The third-order valence-electron chi connectivity index (χ3n) is 2.92. The number of likely N-dealkylation sites (tertiary alicyclic amines) is 1. The fourth-order valence-corrected chi connectivity index (χ4v) is 2.03. The van der Waals surface area contributed by atoms with Gasteiger partial charge in [0, 0.05) is 19.1 Å². The Labute approximate surface area is 105 Å². The summed E-state index contributed by atoms with van der Waals surface area (Å²) >= 11 is 0. The summed E-state index contributed by atoms with van der Waals surface area (Å²) in [6, 6.07) is 0.362. The average molecular weight is 242 g/mol. The quantitative estimate of drug-likeness (QED) is 0.792. The lowest BCUT2D eigenvalue weighted by Gasteiger charge is -2.33. The Balaban J connectivity index is 2.24. The van der Waals surface area contributed by atoms with Crippen molar-refractivity contribution in [3.63, 3.8) is 0 Å². The molecule has 1 saturated heterocycles. The van der Waals surface area contributed by atoms with E-state index in [0.717, 1.165) is 25.9 Å². The molecule has 1 fully saturated rings. The van der Waals surface area contributed by atoms with Crippen molar-refractivity contribution in [1.29, 1.82) is 0 Å². The van der Waals surface area contributed by atoms with Gasteiger partial charge in [-0.05, 0) is 26.7 Å². The topological polar surface area (TPSA) is 41.6 Å². The molecule has 4 heteroatoms. The molecule has 1 amide bonds. The van der Waals surface area contributed by atoms with E-state index in [0.29, 0.717) is 18.7 Å². The first kappa shape index (κ1) is 14.5. The Morgan fingerprint density at radius 1 is 1.29 bits per heavy atom. The van der Waals surface area contributed by atoms with Gasteiger partial charge >= 0.3 is 0 Å². The summed E-state index contributed by atoms with van der Waals surface area (Å²) in [5.41, 5.74) is 0. The summed E-state index contributed by atoms with van der Waals surface area (Å²) in [7, 11) is 0. The predicted molar refractivity (Wildman–Crippen MR) is 69.0 cm³/mol. The largest absolute Gasteiger partial charge is 0.375 e. The molecule has 17 heavy (non-hydrogen) atoms. The summed E-state index contributed by atoms with van der Waals surface area (Å²) in [6.45, 7) is 10.3. The molecule has 1 aliphatic heterocycles. The molecule has 1 rings (SSSR count). The molecule has 1 aliphatic rings. The van der Waals surface area contributed by atoms with Gasteiger partial charge in [-0.3, -0.25) is 4.79 Å². The molecule has 100 valence electrons. The lowest BCUT2D eigenvalue weighted by molar-refractivity contribution is -0.133. The minimum Gasteiger partial charge on any atom is -0.375 e. The van der Waals surface area contributed by atoms with Crippen LogP contribution in [0.15, 0.2) is 0 Å². The smallest absolute Gasteiger partial charge is 0.236 e. The van der Waals surface area contributed by atoms with Crippen LogP contribution in [0.3, 0.4) is 0 Å². The number of nitrogens with one attached hydrogen (secondary N) is 1. The molecule has 0 aromatic heterocycles. The van der Waals surface area contributed by atoms with Crippen molar-refractivity contribution in [2.45, 2.75) is 58.8 Å². The summed E-state index contributed by atoms with van der Waals surface area (Å²) in [5.74, 6) is 0.210. The van der Waals surface area contributed by atoms with Crippen LogP contribution in [0.2, 0.25) is 0 Å². The van der Waals surface area contributed by atoms with E-state index in [1.807, 2.05) is 4.90 Å². The maximum atomic E-state index is 11.9. The number of hydrogen-bond acceptors (Lipinski definition) is 3. The molecular weight excluding hydrogens is 216 g/mol. The summed E-state index contributed by atoms with van der Waals surface area (Å²) in [6.07, 6.45) is 2.54. The Bertz CT molecular complexity index is 234. The first-order valence-electron chi connectivity index (χ1n) is 6.65. The van der Waals surface area contributed by atoms with Crippen LogP contribution in [0.4, 0.5) is 0 Å². The molecule has 0 aromatic carbocycles. The fourth-order valence-electron chi connectivity index (χ4n) is 2.03. The highest BCUT2D eigenvalue weighted by Gasteiger charge is 2.23. The first-order chi connectivity index (χ1) is 7.99. The number of ether oxygens (including phenoxy) is 1. The van der Waals surface area contributed by atoms with Crippen molar-refractivity contribution < 1.29 is 9.53 Å². The van der Waals surface area contributed by atoms with E-state index in [2.05, 4.69) is 33.0 Å². The Morgan fingerprint density at radius 3 is 2.35 bits per heavy atom. The van der Waals surface area contributed by atoms with E-state index in [-0.39, 0.29) is 12.0 Å². The maximum absolute atomic E-state index is 11.9. The molecule has 1 N–H and O–H groups in total. The van der Waals surface area contributed by atoms with Crippen molar-refractivity contribution in [3.8, 4) is 0 Å². The van der Waals surface area contributed by atoms with E-state index >= 15 is 0 Å². The lowest BCUT2D eigenvalue weighted by atomic mass is 10.1. The van der Waals surface area contributed by atoms with E-state index < -0.39 is 0 Å². The number of piperidine rings is 1.